The zero-order valence-electron chi connectivity index (χ0n) is 11.4. The van der Waals surface area contributed by atoms with Crippen LogP contribution in [0.25, 0.3) is 0 Å². The molecule has 1 aromatic rings. The normalized spacial score (nSPS) is 27.4. The molecular formula is C14H20N2O3S. The molecule has 2 heterocycles. The summed E-state index contributed by atoms with van der Waals surface area (Å²) in [5.74, 6) is 0.349. The molecule has 6 heteroatoms. The highest BCUT2D eigenvalue weighted by Gasteiger charge is 2.38. The summed E-state index contributed by atoms with van der Waals surface area (Å²) < 4.78 is 32.5. The molecule has 2 unspecified atom stereocenters. The van der Waals surface area contributed by atoms with Gasteiger partial charge < -0.3 is 10.5 Å². The maximum absolute atomic E-state index is 12.6. The molecular weight excluding hydrogens is 276 g/mol. The topological polar surface area (TPSA) is 72.6 Å². The lowest BCUT2D eigenvalue weighted by atomic mass is 9.96. The van der Waals surface area contributed by atoms with Crippen molar-refractivity contribution in [3.63, 3.8) is 0 Å². The number of fused-ring (bicyclic) bond motifs is 1. The van der Waals surface area contributed by atoms with Gasteiger partial charge in [-0.2, -0.15) is 4.31 Å². The van der Waals surface area contributed by atoms with Gasteiger partial charge in [0.05, 0.1) is 11.0 Å². The largest absolute Gasteiger partial charge is 0.378 e. The molecule has 0 aliphatic carbocycles. The average Bonchev–Trinajstić information content (AvgIpc) is 2.94. The van der Waals surface area contributed by atoms with E-state index in [9.17, 15) is 8.42 Å². The van der Waals surface area contributed by atoms with Crippen LogP contribution in [0.4, 0.5) is 0 Å². The standard InChI is InChI=1S/C14H20N2O3S/c15-9-11-1-3-13(4-2-11)20(17,18)16-7-5-14-12(10-16)6-8-19-14/h1-4,12,14H,5-10,15H2. The molecule has 110 valence electrons. The van der Waals surface area contributed by atoms with Crippen LogP contribution in [0.5, 0.6) is 0 Å². The van der Waals surface area contributed by atoms with Crippen molar-refractivity contribution >= 4 is 10.0 Å². The molecule has 0 saturated carbocycles. The SMILES string of the molecule is NCc1ccc(S(=O)(=O)N2CCC3OCCC3C2)cc1. The highest BCUT2D eigenvalue weighted by atomic mass is 32.2. The Morgan fingerprint density at radius 3 is 2.70 bits per heavy atom. The summed E-state index contributed by atoms with van der Waals surface area (Å²) in [6.45, 7) is 2.30. The van der Waals surface area contributed by atoms with E-state index in [2.05, 4.69) is 0 Å². The monoisotopic (exact) mass is 296 g/mol. The van der Waals surface area contributed by atoms with Crippen LogP contribution in [0.2, 0.25) is 0 Å². The number of piperidine rings is 1. The van der Waals surface area contributed by atoms with Gasteiger partial charge in [0.2, 0.25) is 10.0 Å². The van der Waals surface area contributed by atoms with Crippen LogP contribution in [0.3, 0.4) is 0 Å². The van der Waals surface area contributed by atoms with Crippen LogP contribution < -0.4 is 5.73 Å². The first-order chi connectivity index (χ1) is 9.61. The van der Waals surface area contributed by atoms with Crippen LogP contribution in [-0.2, 0) is 21.3 Å². The molecule has 2 fully saturated rings. The molecule has 0 bridgehead atoms. The van der Waals surface area contributed by atoms with Crippen molar-refractivity contribution in [2.24, 2.45) is 11.7 Å². The van der Waals surface area contributed by atoms with Crippen LogP contribution in [0.15, 0.2) is 29.2 Å². The molecule has 0 amide bonds. The zero-order valence-corrected chi connectivity index (χ0v) is 12.2. The summed E-state index contributed by atoms with van der Waals surface area (Å²) in [5, 5.41) is 0. The lowest BCUT2D eigenvalue weighted by Gasteiger charge is -2.33. The number of rotatable bonds is 3. The minimum absolute atomic E-state index is 0.251. The molecule has 20 heavy (non-hydrogen) atoms. The molecule has 0 aromatic heterocycles. The average molecular weight is 296 g/mol. The van der Waals surface area contributed by atoms with E-state index in [1.807, 2.05) is 0 Å². The van der Waals surface area contributed by atoms with Crippen LogP contribution in [0.1, 0.15) is 18.4 Å². The van der Waals surface area contributed by atoms with E-state index in [1.54, 1.807) is 28.6 Å². The lowest BCUT2D eigenvalue weighted by molar-refractivity contribution is 0.0555. The van der Waals surface area contributed by atoms with E-state index in [0.717, 1.165) is 25.0 Å². The molecule has 0 radical (unpaired) electrons. The Morgan fingerprint density at radius 2 is 2.00 bits per heavy atom. The molecule has 2 saturated heterocycles. The van der Waals surface area contributed by atoms with Crippen molar-refractivity contribution in [1.29, 1.82) is 0 Å². The third kappa shape index (κ3) is 2.48. The third-order valence-electron chi connectivity index (χ3n) is 4.24. The first kappa shape index (κ1) is 14.0. The number of hydrogen-bond acceptors (Lipinski definition) is 4. The van der Waals surface area contributed by atoms with Crippen LogP contribution >= 0.6 is 0 Å². The first-order valence-electron chi connectivity index (χ1n) is 7.02. The molecule has 5 nitrogen and oxygen atoms in total. The highest BCUT2D eigenvalue weighted by molar-refractivity contribution is 7.89. The van der Waals surface area contributed by atoms with Crippen molar-refractivity contribution in [2.45, 2.75) is 30.4 Å². The second-order valence-electron chi connectivity index (χ2n) is 5.46. The molecule has 0 spiro atoms. The number of nitrogens with two attached hydrogens (primary N) is 1. The van der Waals surface area contributed by atoms with Crippen molar-refractivity contribution in [3.8, 4) is 0 Å². The van der Waals surface area contributed by atoms with Gasteiger partial charge in [0.15, 0.2) is 0 Å². The maximum Gasteiger partial charge on any atom is 0.243 e. The van der Waals surface area contributed by atoms with Crippen molar-refractivity contribution in [1.82, 2.24) is 4.31 Å². The highest BCUT2D eigenvalue weighted by Crippen LogP contribution is 2.31. The second kappa shape index (κ2) is 5.44. The van der Waals surface area contributed by atoms with Gasteiger partial charge in [0, 0.05) is 32.2 Å². The second-order valence-corrected chi connectivity index (χ2v) is 7.40. The number of sulfonamides is 1. The maximum atomic E-state index is 12.6. The fourth-order valence-electron chi connectivity index (χ4n) is 3.01. The van der Waals surface area contributed by atoms with Crippen molar-refractivity contribution < 1.29 is 13.2 Å². The van der Waals surface area contributed by atoms with Gasteiger partial charge in [-0.25, -0.2) is 8.42 Å². The van der Waals surface area contributed by atoms with Gasteiger partial charge >= 0.3 is 0 Å². The smallest absolute Gasteiger partial charge is 0.243 e. The summed E-state index contributed by atoms with van der Waals surface area (Å²) in [4.78, 5) is 0.354. The Balaban J connectivity index is 1.80. The van der Waals surface area contributed by atoms with Crippen LogP contribution in [-0.4, -0.2) is 38.5 Å². The Kier molecular flexibility index (Phi) is 3.81. The lowest BCUT2D eigenvalue weighted by Crippen LogP contribution is -2.44. The van der Waals surface area contributed by atoms with E-state index in [4.69, 9.17) is 10.5 Å². The number of nitrogens with zero attached hydrogens (tertiary/aromatic N) is 1. The van der Waals surface area contributed by atoms with Crippen molar-refractivity contribution in [2.75, 3.05) is 19.7 Å². The van der Waals surface area contributed by atoms with E-state index >= 15 is 0 Å². The van der Waals surface area contributed by atoms with Gasteiger partial charge in [0.1, 0.15) is 0 Å². The Bertz CT molecular complexity index is 571. The van der Waals surface area contributed by atoms with E-state index in [0.29, 0.717) is 30.4 Å². The van der Waals surface area contributed by atoms with Gasteiger partial charge in [-0.1, -0.05) is 12.1 Å². The quantitative estimate of drug-likeness (QED) is 0.901. The van der Waals surface area contributed by atoms with Gasteiger partial charge in [0.25, 0.3) is 0 Å². The van der Waals surface area contributed by atoms with Gasteiger partial charge in [-0.3, -0.25) is 0 Å². The van der Waals surface area contributed by atoms with Crippen LogP contribution in [0, 0.1) is 5.92 Å². The molecule has 2 atom stereocenters. The minimum Gasteiger partial charge on any atom is -0.378 e. The van der Waals surface area contributed by atoms with E-state index < -0.39 is 10.0 Å². The number of ether oxygens (including phenoxy) is 1. The summed E-state index contributed by atoms with van der Waals surface area (Å²) in [6, 6.07) is 6.85. The fraction of sp³-hybridized carbons (Fsp3) is 0.571. The molecule has 3 rings (SSSR count). The van der Waals surface area contributed by atoms with E-state index in [1.165, 1.54) is 0 Å². The predicted octanol–water partition coefficient (Wildman–Crippen LogP) is 0.945. The Labute approximate surface area is 119 Å². The van der Waals surface area contributed by atoms with Gasteiger partial charge in [-0.15, -0.1) is 0 Å². The summed E-state index contributed by atoms with van der Waals surface area (Å²) in [6.07, 6.45) is 2.01. The molecule has 1 aromatic carbocycles. The van der Waals surface area contributed by atoms with E-state index in [-0.39, 0.29) is 6.10 Å². The fourth-order valence-corrected chi connectivity index (χ4v) is 4.52. The summed E-state index contributed by atoms with van der Waals surface area (Å²) in [5.41, 5.74) is 6.47. The predicted molar refractivity (Wildman–Crippen MR) is 75.6 cm³/mol. The third-order valence-corrected chi connectivity index (χ3v) is 6.12. The molecule has 2 aliphatic rings. The van der Waals surface area contributed by atoms with Gasteiger partial charge in [-0.05, 0) is 30.5 Å². The van der Waals surface area contributed by atoms with Crippen molar-refractivity contribution in [3.05, 3.63) is 29.8 Å². The summed E-state index contributed by atoms with van der Waals surface area (Å²) in [7, 11) is -3.39. The zero-order chi connectivity index (χ0) is 14.2. The molecule has 2 aliphatic heterocycles. The Hall–Kier alpha value is -0.950. The molecule has 2 N–H and O–H groups in total. The number of benzene rings is 1. The number of hydrogen-bond donors (Lipinski definition) is 1. The Morgan fingerprint density at radius 1 is 1.25 bits per heavy atom. The first-order valence-corrected chi connectivity index (χ1v) is 8.46. The minimum atomic E-state index is -3.39. The summed E-state index contributed by atoms with van der Waals surface area (Å²) >= 11 is 0.